The highest BCUT2D eigenvalue weighted by molar-refractivity contribution is 5.82. The van der Waals surface area contributed by atoms with Crippen molar-refractivity contribution < 1.29 is 19.1 Å². The molecule has 1 fully saturated rings. The van der Waals surface area contributed by atoms with E-state index < -0.39 is 11.7 Å². The zero-order valence-electron chi connectivity index (χ0n) is 17.2. The molecule has 1 saturated heterocycles. The van der Waals surface area contributed by atoms with Crippen LogP contribution in [0, 0.1) is 5.92 Å². The molecule has 1 aromatic rings. The molecule has 0 unspecified atom stereocenters. The molecule has 27 heavy (non-hydrogen) atoms. The highest BCUT2D eigenvalue weighted by atomic mass is 16.6. The molecule has 2 amide bonds. The van der Waals surface area contributed by atoms with Crippen LogP contribution in [0.1, 0.15) is 39.2 Å². The summed E-state index contributed by atoms with van der Waals surface area (Å²) in [6.07, 6.45) is 2.51. The number of methoxy groups -OCH3 is 1. The molecule has 0 N–H and O–H groups in total. The van der Waals surface area contributed by atoms with Crippen molar-refractivity contribution in [3.8, 4) is 5.75 Å². The van der Waals surface area contributed by atoms with Crippen LogP contribution in [0.2, 0.25) is 0 Å². The van der Waals surface area contributed by atoms with E-state index in [9.17, 15) is 9.59 Å². The lowest BCUT2D eigenvalue weighted by atomic mass is 9.90. The van der Waals surface area contributed by atoms with Gasteiger partial charge in [-0.3, -0.25) is 4.79 Å². The number of hydrogen-bond donors (Lipinski definition) is 0. The minimum absolute atomic E-state index is 0.0220. The van der Waals surface area contributed by atoms with Crippen LogP contribution in [0.5, 0.6) is 5.75 Å². The van der Waals surface area contributed by atoms with E-state index >= 15 is 0 Å². The number of carbonyl (C=O) groups is 2. The average molecular weight is 376 g/mol. The molecular weight excluding hydrogens is 344 g/mol. The number of hydrogen-bond acceptors (Lipinski definition) is 4. The Morgan fingerprint density at radius 1 is 1.15 bits per heavy atom. The minimum Gasteiger partial charge on any atom is -0.497 e. The molecule has 0 spiro atoms. The van der Waals surface area contributed by atoms with E-state index in [2.05, 4.69) is 12.1 Å². The quantitative estimate of drug-likeness (QED) is 0.791. The van der Waals surface area contributed by atoms with Gasteiger partial charge < -0.3 is 19.3 Å². The van der Waals surface area contributed by atoms with Crippen LogP contribution in [-0.2, 0) is 16.0 Å². The van der Waals surface area contributed by atoms with Gasteiger partial charge in [0.1, 0.15) is 17.9 Å². The Hall–Kier alpha value is -2.24. The van der Waals surface area contributed by atoms with Crippen molar-refractivity contribution in [1.29, 1.82) is 0 Å². The number of ether oxygens (including phenoxy) is 2. The first-order valence-electron chi connectivity index (χ1n) is 9.53. The van der Waals surface area contributed by atoms with Crippen LogP contribution in [-0.4, -0.2) is 61.2 Å². The lowest BCUT2D eigenvalue weighted by molar-refractivity contribution is -0.133. The topological polar surface area (TPSA) is 59.1 Å². The molecular formula is C21H32N2O4. The molecule has 6 nitrogen and oxygen atoms in total. The van der Waals surface area contributed by atoms with Crippen LogP contribution < -0.4 is 4.74 Å². The predicted octanol–water partition coefficient (Wildman–Crippen LogP) is 3.34. The summed E-state index contributed by atoms with van der Waals surface area (Å²) < 4.78 is 10.5. The smallest absolute Gasteiger partial charge is 0.410 e. The second kappa shape index (κ2) is 9.11. The molecule has 2 rings (SSSR count). The number of likely N-dealkylation sites (tertiary alicyclic amines) is 1. The zero-order valence-corrected chi connectivity index (χ0v) is 17.2. The summed E-state index contributed by atoms with van der Waals surface area (Å²) in [7, 11) is 3.27. The molecule has 0 aromatic heterocycles. The number of rotatable bonds is 5. The molecule has 0 atom stereocenters. The van der Waals surface area contributed by atoms with Gasteiger partial charge in [0.05, 0.1) is 7.11 Å². The van der Waals surface area contributed by atoms with Crippen molar-refractivity contribution in [2.24, 2.45) is 5.92 Å². The fourth-order valence-corrected chi connectivity index (χ4v) is 3.19. The molecule has 1 aromatic carbocycles. The van der Waals surface area contributed by atoms with Crippen molar-refractivity contribution in [3.63, 3.8) is 0 Å². The molecule has 1 heterocycles. The molecule has 0 radical (unpaired) electrons. The van der Waals surface area contributed by atoms with E-state index in [4.69, 9.17) is 9.47 Å². The van der Waals surface area contributed by atoms with Gasteiger partial charge in [0.25, 0.3) is 0 Å². The number of amides is 2. The van der Waals surface area contributed by atoms with E-state index in [0.717, 1.165) is 38.1 Å². The molecule has 1 aliphatic heterocycles. The molecule has 6 heteroatoms. The van der Waals surface area contributed by atoms with Gasteiger partial charge in [0.2, 0.25) is 5.91 Å². The van der Waals surface area contributed by atoms with Crippen LogP contribution in [0.15, 0.2) is 24.3 Å². The van der Waals surface area contributed by atoms with Crippen LogP contribution in [0.3, 0.4) is 0 Å². The summed E-state index contributed by atoms with van der Waals surface area (Å²) in [5, 5.41) is 0. The Bertz CT molecular complexity index is 629. The molecule has 1 aliphatic rings. The van der Waals surface area contributed by atoms with Gasteiger partial charge in [-0.1, -0.05) is 12.1 Å². The Morgan fingerprint density at radius 3 is 2.26 bits per heavy atom. The number of nitrogens with zero attached hydrogens (tertiary/aromatic N) is 2. The highest BCUT2D eigenvalue weighted by Gasteiger charge is 2.26. The summed E-state index contributed by atoms with van der Waals surface area (Å²) in [5.74, 6) is 1.42. The maximum Gasteiger partial charge on any atom is 0.410 e. The SMILES string of the molecule is COc1ccc(CC2CCN(C(=O)CN(C)C(=O)OC(C)(C)C)CC2)cc1. The van der Waals surface area contributed by atoms with Crippen molar-refractivity contribution >= 4 is 12.0 Å². The Labute approximate surface area is 162 Å². The van der Waals surface area contributed by atoms with Gasteiger partial charge in [-0.25, -0.2) is 4.79 Å². The third-order valence-electron chi connectivity index (χ3n) is 4.73. The van der Waals surface area contributed by atoms with Gasteiger partial charge in [-0.15, -0.1) is 0 Å². The van der Waals surface area contributed by atoms with Crippen molar-refractivity contribution in [2.45, 2.75) is 45.6 Å². The Morgan fingerprint density at radius 2 is 1.74 bits per heavy atom. The minimum atomic E-state index is -0.561. The second-order valence-corrected chi connectivity index (χ2v) is 8.21. The van der Waals surface area contributed by atoms with Gasteiger partial charge in [-0.2, -0.15) is 0 Å². The van der Waals surface area contributed by atoms with Gasteiger partial charge in [0.15, 0.2) is 0 Å². The first-order chi connectivity index (χ1) is 12.7. The summed E-state index contributed by atoms with van der Waals surface area (Å²) in [4.78, 5) is 27.7. The monoisotopic (exact) mass is 376 g/mol. The summed E-state index contributed by atoms with van der Waals surface area (Å²) >= 11 is 0. The predicted molar refractivity (Wildman–Crippen MR) is 105 cm³/mol. The molecule has 150 valence electrons. The largest absolute Gasteiger partial charge is 0.497 e. The van der Waals surface area contributed by atoms with Crippen LogP contribution >= 0.6 is 0 Å². The number of benzene rings is 1. The standard InChI is InChI=1S/C21H32N2O4/c1-21(2,3)27-20(25)22(4)15-19(24)23-12-10-17(11-13-23)14-16-6-8-18(26-5)9-7-16/h6-9,17H,10-15H2,1-5H3. The van der Waals surface area contributed by atoms with E-state index in [0.29, 0.717) is 5.92 Å². The summed E-state index contributed by atoms with van der Waals surface area (Å²) in [5.41, 5.74) is 0.735. The molecule has 0 bridgehead atoms. The third-order valence-corrected chi connectivity index (χ3v) is 4.73. The van der Waals surface area contributed by atoms with Crippen molar-refractivity contribution in [3.05, 3.63) is 29.8 Å². The van der Waals surface area contributed by atoms with Crippen LogP contribution in [0.4, 0.5) is 4.79 Å². The maximum atomic E-state index is 12.5. The van der Waals surface area contributed by atoms with E-state index in [1.54, 1.807) is 14.2 Å². The summed E-state index contributed by atoms with van der Waals surface area (Å²) in [6.45, 7) is 6.97. The van der Waals surface area contributed by atoms with Crippen LogP contribution in [0.25, 0.3) is 0 Å². The van der Waals surface area contributed by atoms with Gasteiger partial charge >= 0.3 is 6.09 Å². The van der Waals surface area contributed by atoms with E-state index in [1.165, 1.54) is 10.5 Å². The normalized spacial score (nSPS) is 15.4. The van der Waals surface area contributed by atoms with Gasteiger partial charge in [0, 0.05) is 20.1 Å². The fourth-order valence-electron chi connectivity index (χ4n) is 3.19. The lowest BCUT2D eigenvalue weighted by Gasteiger charge is -2.33. The number of carbonyl (C=O) groups excluding carboxylic acids is 2. The second-order valence-electron chi connectivity index (χ2n) is 8.21. The van der Waals surface area contributed by atoms with Crippen molar-refractivity contribution in [2.75, 3.05) is 33.8 Å². The molecule has 0 aliphatic carbocycles. The van der Waals surface area contributed by atoms with E-state index in [1.807, 2.05) is 37.8 Å². The maximum absolute atomic E-state index is 12.5. The highest BCUT2D eigenvalue weighted by Crippen LogP contribution is 2.23. The molecule has 0 saturated carbocycles. The lowest BCUT2D eigenvalue weighted by Crippen LogP contribution is -2.45. The Kier molecular flexibility index (Phi) is 7.11. The average Bonchev–Trinajstić information content (AvgIpc) is 2.61. The first kappa shape index (κ1) is 21.1. The third kappa shape index (κ3) is 6.77. The number of likely N-dealkylation sites (N-methyl/N-ethyl adjacent to an activating group) is 1. The fraction of sp³-hybridized carbons (Fsp3) is 0.619. The zero-order chi connectivity index (χ0) is 20.0. The Balaban J connectivity index is 1.77. The first-order valence-corrected chi connectivity index (χ1v) is 9.53. The summed E-state index contributed by atoms with van der Waals surface area (Å²) in [6, 6.07) is 8.18. The van der Waals surface area contributed by atoms with Gasteiger partial charge in [-0.05, 0) is 63.6 Å². The van der Waals surface area contributed by atoms with Crippen molar-refractivity contribution in [1.82, 2.24) is 9.80 Å². The number of piperidine rings is 1. The van der Waals surface area contributed by atoms with E-state index in [-0.39, 0.29) is 12.5 Å².